The van der Waals surface area contributed by atoms with Crippen LogP contribution in [-0.4, -0.2) is 30.9 Å². The number of esters is 2. The third-order valence-corrected chi connectivity index (χ3v) is 3.86. The van der Waals surface area contributed by atoms with E-state index in [0.717, 1.165) is 6.42 Å². The van der Waals surface area contributed by atoms with E-state index in [1.165, 1.54) is 14.0 Å². The Bertz CT molecular complexity index is 390. The first-order chi connectivity index (χ1) is 8.35. The second-order valence-corrected chi connectivity index (χ2v) is 4.95. The maximum atomic E-state index is 11.9. The van der Waals surface area contributed by atoms with Crippen LogP contribution < -0.4 is 0 Å². The Labute approximate surface area is 115 Å². The van der Waals surface area contributed by atoms with Gasteiger partial charge in [-0.1, -0.05) is 13.3 Å². The van der Waals surface area contributed by atoms with Crippen LogP contribution in [-0.2, 0) is 23.8 Å². The first kappa shape index (κ1) is 15.2. The Kier molecular flexibility index (Phi) is 4.92. The number of hydrogen-bond acceptors (Lipinski definition) is 5. The predicted molar refractivity (Wildman–Crippen MR) is 67.9 cm³/mol. The lowest BCUT2D eigenvalue weighted by Gasteiger charge is -2.21. The number of rotatable bonds is 5. The molecule has 0 bridgehead atoms. The fraction of sp³-hybridized carbons (Fsp3) is 0.667. The molecule has 2 atom stereocenters. The van der Waals surface area contributed by atoms with E-state index in [2.05, 4.69) is 15.9 Å². The molecule has 6 heteroatoms. The SMILES string of the molecule is CCC[C@@H](OC(C)=O)C1=C(Br)[C@](C)(OC)OC1=O. The van der Waals surface area contributed by atoms with Crippen LogP contribution in [0.3, 0.4) is 0 Å². The largest absolute Gasteiger partial charge is 0.457 e. The van der Waals surface area contributed by atoms with Gasteiger partial charge in [0.05, 0.1) is 10.1 Å². The van der Waals surface area contributed by atoms with Gasteiger partial charge in [-0.2, -0.15) is 0 Å². The lowest BCUT2D eigenvalue weighted by atomic mass is 10.0. The molecule has 18 heavy (non-hydrogen) atoms. The molecule has 102 valence electrons. The number of carbonyl (C=O) groups excluding carboxylic acids is 2. The van der Waals surface area contributed by atoms with E-state index in [4.69, 9.17) is 14.2 Å². The van der Waals surface area contributed by atoms with Crippen LogP contribution in [0.4, 0.5) is 0 Å². The van der Waals surface area contributed by atoms with Gasteiger partial charge in [-0.05, 0) is 22.4 Å². The van der Waals surface area contributed by atoms with Crippen molar-refractivity contribution in [3.63, 3.8) is 0 Å². The minimum Gasteiger partial charge on any atom is -0.457 e. The molecule has 0 aromatic rings. The van der Waals surface area contributed by atoms with E-state index in [0.29, 0.717) is 16.5 Å². The highest BCUT2D eigenvalue weighted by Gasteiger charge is 2.46. The molecule has 0 aromatic carbocycles. The maximum Gasteiger partial charge on any atom is 0.341 e. The molecule has 0 aliphatic carbocycles. The van der Waals surface area contributed by atoms with Gasteiger partial charge in [0.25, 0.3) is 0 Å². The molecule has 1 heterocycles. The molecule has 0 spiro atoms. The molecule has 0 fully saturated rings. The number of cyclic esters (lactones) is 1. The van der Waals surface area contributed by atoms with Crippen LogP contribution in [0.1, 0.15) is 33.6 Å². The Morgan fingerprint density at radius 3 is 2.56 bits per heavy atom. The molecule has 0 aromatic heterocycles. The van der Waals surface area contributed by atoms with Gasteiger partial charge in [0.2, 0.25) is 5.79 Å². The van der Waals surface area contributed by atoms with E-state index in [-0.39, 0.29) is 0 Å². The smallest absolute Gasteiger partial charge is 0.341 e. The second-order valence-electron chi connectivity index (χ2n) is 4.15. The number of methoxy groups -OCH3 is 1. The van der Waals surface area contributed by atoms with Crippen molar-refractivity contribution < 1.29 is 23.8 Å². The summed E-state index contributed by atoms with van der Waals surface area (Å²) in [5.41, 5.74) is 0.316. The van der Waals surface area contributed by atoms with Gasteiger partial charge in [0.15, 0.2) is 0 Å². The van der Waals surface area contributed by atoms with Gasteiger partial charge in [-0.25, -0.2) is 4.79 Å². The number of hydrogen-bond donors (Lipinski definition) is 0. The zero-order chi connectivity index (χ0) is 13.9. The van der Waals surface area contributed by atoms with Crippen LogP contribution >= 0.6 is 15.9 Å². The summed E-state index contributed by atoms with van der Waals surface area (Å²) in [6.07, 6.45) is 0.726. The third-order valence-electron chi connectivity index (χ3n) is 2.71. The van der Waals surface area contributed by atoms with Gasteiger partial charge < -0.3 is 14.2 Å². The number of halogens is 1. The first-order valence-corrected chi connectivity index (χ1v) is 6.50. The highest BCUT2D eigenvalue weighted by molar-refractivity contribution is 9.11. The van der Waals surface area contributed by atoms with E-state index in [9.17, 15) is 9.59 Å². The normalized spacial score (nSPS) is 25.1. The number of carbonyl (C=O) groups is 2. The number of ether oxygens (including phenoxy) is 3. The monoisotopic (exact) mass is 320 g/mol. The molecule has 1 aliphatic heterocycles. The summed E-state index contributed by atoms with van der Waals surface area (Å²) in [4.78, 5) is 23.0. The van der Waals surface area contributed by atoms with Crippen LogP contribution in [0.25, 0.3) is 0 Å². The fourth-order valence-electron chi connectivity index (χ4n) is 1.74. The molecule has 5 nitrogen and oxygen atoms in total. The fourth-order valence-corrected chi connectivity index (χ4v) is 2.40. The molecule has 0 saturated heterocycles. The molecule has 0 saturated carbocycles. The van der Waals surface area contributed by atoms with Crippen molar-refractivity contribution in [3.8, 4) is 0 Å². The summed E-state index contributed by atoms with van der Waals surface area (Å²) in [5, 5.41) is 0. The zero-order valence-corrected chi connectivity index (χ0v) is 12.5. The van der Waals surface area contributed by atoms with Crippen LogP contribution in [0.2, 0.25) is 0 Å². The summed E-state index contributed by atoms with van der Waals surface area (Å²) in [6, 6.07) is 0. The lowest BCUT2D eigenvalue weighted by Crippen LogP contribution is -2.28. The van der Waals surface area contributed by atoms with Gasteiger partial charge >= 0.3 is 11.9 Å². The van der Waals surface area contributed by atoms with Crippen molar-refractivity contribution in [2.45, 2.75) is 45.5 Å². The summed E-state index contributed by atoms with van der Waals surface area (Å²) in [6.45, 7) is 4.88. The first-order valence-electron chi connectivity index (χ1n) is 5.71. The Morgan fingerprint density at radius 2 is 2.17 bits per heavy atom. The van der Waals surface area contributed by atoms with Gasteiger partial charge in [-0.15, -0.1) is 0 Å². The molecule has 0 unspecified atom stereocenters. The van der Waals surface area contributed by atoms with Crippen molar-refractivity contribution in [1.82, 2.24) is 0 Å². The highest BCUT2D eigenvalue weighted by atomic mass is 79.9. The summed E-state index contributed by atoms with van der Waals surface area (Å²) < 4.78 is 16.0. The zero-order valence-electron chi connectivity index (χ0n) is 10.9. The average Bonchev–Trinajstić information content (AvgIpc) is 2.49. The molecule has 0 N–H and O–H groups in total. The van der Waals surface area contributed by atoms with Crippen molar-refractivity contribution in [1.29, 1.82) is 0 Å². The topological polar surface area (TPSA) is 61.8 Å². The van der Waals surface area contributed by atoms with Crippen molar-refractivity contribution >= 4 is 27.9 Å². The van der Waals surface area contributed by atoms with Crippen molar-refractivity contribution in [2.24, 2.45) is 0 Å². The van der Waals surface area contributed by atoms with Gasteiger partial charge in [-0.3, -0.25) is 4.79 Å². The van der Waals surface area contributed by atoms with Gasteiger partial charge in [0, 0.05) is 21.0 Å². The predicted octanol–water partition coefficient (Wildman–Crippen LogP) is 2.29. The van der Waals surface area contributed by atoms with E-state index >= 15 is 0 Å². The Hall–Kier alpha value is -0.880. The third kappa shape index (κ3) is 2.92. The molecule has 0 amide bonds. The molecule has 1 rings (SSSR count). The van der Waals surface area contributed by atoms with Crippen LogP contribution in [0.15, 0.2) is 10.1 Å². The lowest BCUT2D eigenvalue weighted by molar-refractivity contribution is -0.183. The van der Waals surface area contributed by atoms with Gasteiger partial charge in [0.1, 0.15) is 6.10 Å². The Morgan fingerprint density at radius 1 is 1.56 bits per heavy atom. The minimum atomic E-state index is -1.14. The van der Waals surface area contributed by atoms with Crippen molar-refractivity contribution in [3.05, 3.63) is 10.1 Å². The van der Waals surface area contributed by atoms with E-state index in [1.807, 2.05) is 6.92 Å². The second kappa shape index (κ2) is 5.84. The summed E-state index contributed by atoms with van der Waals surface area (Å²) in [7, 11) is 1.44. The highest BCUT2D eigenvalue weighted by Crippen LogP contribution is 2.40. The molecule has 1 aliphatic rings. The summed E-state index contributed by atoms with van der Waals surface area (Å²) >= 11 is 3.31. The van der Waals surface area contributed by atoms with E-state index < -0.39 is 23.8 Å². The quantitative estimate of drug-likeness (QED) is 0.727. The molecular weight excluding hydrogens is 304 g/mol. The maximum absolute atomic E-state index is 11.9. The molecule has 0 radical (unpaired) electrons. The average molecular weight is 321 g/mol. The van der Waals surface area contributed by atoms with Crippen LogP contribution in [0, 0.1) is 0 Å². The van der Waals surface area contributed by atoms with Crippen LogP contribution in [0.5, 0.6) is 0 Å². The van der Waals surface area contributed by atoms with E-state index in [1.54, 1.807) is 6.92 Å². The summed E-state index contributed by atoms with van der Waals surface area (Å²) in [5.74, 6) is -2.09. The van der Waals surface area contributed by atoms with Crippen molar-refractivity contribution in [2.75, 3.05) is 7.11 Å². The molecular formula is C12H17BrO5. The Balaban J connectivity index is 3.09. The standard InChI is InChI=1S/C12H17BrO5/c1-5-6-8(17-7(2)14)9-10(13)12(3,16-4)18-11(9)15/h8H,5-6H2,1-4H3/t8-,12-/m1/s1. The minimum absolute atomic E-state index is 0.316.